The maximum absolute atomic E-state index is 14.4. The van der Waals surface area contributed by atoms with E-state index in [9.17, 15) is 49.5 Å². The molecule has 0 radical (unpaired) electrons. The molecule has 5 atom stereocenters. The van der Waals surface area contributed by atoms with Crippen LogP contribution in [0.4, 0.5) is 26.7 Å². The van der Waals surface area contributed by atoms with Gasteiger partial charge in [0.1, 0.15) is 35.6 Å². The molecule has 15 nitrogen and oxygen atoms in total. The number of alkyl halides is 5. The van der Waals surface area contributed by atoms with Crippen LogP contribution < -0.4 is 24.8 Å². The van der Waals surface area contributed by atoms with E-state index in [1.807, 2.05) is 0 Å². The lowest BCUT2D eigenvalue weighted by Crippen LogP contribution is -2.58. The predicted octanol–water partition coefficient (Wildman–Crippen LogP) is 4.29. The standard InChI is InChI=1S/C37H43F5N6O9S/c1-34(12-13-34)58(53,54)47-32(51)36-16-20(36)8-6-4-3-5-7-9-25(45-33(52)57-23-17-35(38,39)18-23)31(50)48-19-22(15-27(48)29(49)46-36)56-30-28(37(40,41)42)43-26-14-21(55-2)10-11-24(26)44-30/h6,8,10-11,14,20,22-23,25,27H,3-5,7,9,12-13,15-19H2,1-2H3,(H,45,52)(H,46,49)(H,47,51)/b8-6+/t20-,22-,25+,27+,36-/m1/s1. The molecular weight excluding hydrogens is 799 g/mol. The van der Waals surface area contributed by atoms with Crippen molar-refractivity contribution < 1.29 is 63.8 Å². The molecule has 7 rings (SSSR count). The summed E-state index contributed by atoms with van der Waals surface area (Å²) in [5.41, 5.74) is -3.34. The Bertz CT molecular complexity index is 2130. The van der Waals surface area contributed by atoms with Crippen LogP contribution in [0.15, 0.2) is 30.4 Å². The lowest BCUT2D eigenvalue weighted by Gasteiger charge is -2.34. The largest absolute Gasteiger partial charge is 0.497 e. The van der Waals surface area contributed by atoms with Crippen molar-refractivity contribution in [1.82, 2.24) is 30.2 Å². The van der Waals surface area contributed by atoms with Crippen LogP contribution in [-0.2, 0) is 35.3 Å². The first-order valence-electron chi connectivity index (χ1n) is 19.0. The van der Waals surface area contributed by atoms with Crippen molar-refractivity contribution in [3.8, 4) is 11.6 Å². The second-order valence-electron chi connectivity index (χ2n) is 15.9. The Morgan fingerprint density at radius 3 is 2.43 bits per heavy atom. The minimum Gasteiger partial charge on any atom is -0.497 e. The lowest BCUT2D eigenvalue weighted by atomic mass is 9.91. The van der Waals surface area contributed by atoms with Crippen molar-refractivity contribution in [3.63, 3.8) is 0 Å². The van der Waals surface area contributed by atoms with E-state index in [1.54, 1.807) is 12.2 Å². The molecule has 1 saturated heterocycles. The SMILES string of the molecule is COc1ccc2nc(O[C@@H]3C[C@H]4C(=O)N[C@]5(C(=O)NS(=O)(=O)C6(C)CC6)C[C@H]5/C=C/CCCCC[C@H](NC(=O)OC5CC(F)(F)C5)C(=O)N4C3)c(C(F)(F)F)nc2c1. The van der Waals surface area contributed by atoms with Crippen LogP contribution in [0.25, 0.3) is 11.0 Å². The van der Waals surface area contributed by atoms with Crippen LogP contribution in [0.1, 0.15) is 83.2 Å². The number of hydrogen-bond acceptors (Lipinski definition) is 11. The number of nitrogens with zero attached hydrogens (tertiary/aromatic N) is 3. The number of carbonyl (C=O) groups is 4. The van der Waals surface area contributed by atoms with Crippen LogP contribution in [0, 0.1) is 5.92 Å². The first kappa shape index (κ1) is 41.3. The zero-order valence-corrected chi connectivity index (χ0v) is 32.4. The Hall–Kier alpha value is -4.82. The van der Waals surface area contributed by atoms with Crippen molar-refractivity contribution in [2.75, 3.05) is 13.7 Å². The van der Waals surface area contributed by atoms with Crippen molar-refractivity contribution in [1.29, 1.82) is 0 Å². The Morgan fingerprint density at radius 2 is 1.76 bits per heavy atom. The molecular formula is C37H43F5N6O9S. The number of sulfonamides is 1. The number of fused-ring (bicyclic) bond motifs is 3. The molecule has 316 valence electrons. The van der Waals surface area contributed by atoms with Gasteiger partial charge < -0.3 is 29.7 Å². The number of allylic oxidation sites excluding steroid dienone is 1. The van der Waals surface area contributed by atoms with E-state index in [0.29, 0.717) is 38.5 Å². The van der Waals surface area contributed by atoms with Gasteiger partial charge >= 0.3 is 12.3 Å². The second kappa shape index (κ2) is 15.1. The number of ether oxygens (including phenoxy) is 3. The van der Waals surface area contributed by atoms with Gasteiger partial charge in [0.05, 0.1) is 29.4 Å². The first-order chi connectivity index (χ1) is 27.2. The van der Waals surface area contributed by atoms with Gasteiger partial charge in [-0.15, -0.1) is 0 Å². The van der Waals surface area contributed by atoms with Crippen LogP contribution in [0.3, 0.4) is 0 Å². The fraction of sp³-hybridized carbons (Fsp3) is 0.622. The molecule has 3 heterocycles. The number of hydrogen-bond donors (Lipinski definition) is 3. The minimum atomic E-state index is -5.05. The summed E-state index contributed by atoms with van der Waals surface area (Å²) in [5, 5.41) is 5.09. The predicted molar refractivity (Wildman–Crippen MR) is 193 cm³/mol. The van der Waals surface area contributed by atoms with E-state index in [1.165, 1.54) is 32.2 Å². The molecule has 4 amide bonds. The summed E-state index contributed by atoms with van der Waals surface area (Å²) in [7, 11) is -2.80. The molecule has 0 unspecified atom stereocenters. The molecule has 3 saturated carbocycles. The number of amides is 4. The third-order valence-corrected chi connectivity index (χ3v) is 13.6. The van der Waals surface area contributed by atoms with Gasteiger partial charge in [-0.3, -0.25) is 19.1 Å². The average molecular weight is 843 g/mol. The van der Waals surface area contributed by atoms with Gasteiger partial charge in [-0.2, -0.15) is 13.2 Å². The third-order valence-electron chi connectivity index (χ3n) is 11.5. The maximum atomic E-state index is 14.4. The number of methoxy groups -OCH3 is 1. The Labute approximate surface area is 329 Å². The number of halogens is 5. The highest BCUT2D eigenvalue weighted by Gasteiger charge is 2.63. The van der Waals surface area contributed by atoms with Gasteiger partial charge in [-0.25, -0.2) is 32.0 Å². The Balaban J connectivity index is 1.20. The van der Waals surface area contributed by atoms with Gasteiger partial charge in [-0.1, -0.05) is 25.0 Å². The molecule has 21 heteroatoms. The summed E-state index contributed by atoms with van der Waals surface area (Å²) in [6, 6.07) is 1.22. The third kappa shape index (κ3) is 8.49. The number of nitrogens with one attached hydrogen (secondary N) is 3. The van der Waals surface area contributed by atoms with Gasteiger partial charge in [0.15, 0.2) is 0 Å². The summed E-state index contributed by atoms with van der Waals surface area (Å²) < 4.78 is 113. The van der Waals surface area contributed by atoms with Gasteiger partial charge in [0, 0.05) is 31.2 Å². The molecule has 3 N–H and O–H groups in total. The fourth-order valence-electron chi connectivity index (χ4n) is 7.53. The molecule has 0 spiro atoms. The minimum absolute atomic E-state index is 0.0215. The normalized spacial score (nSPS) is 29.0. The average Bonchev–Trinajstić information content (AvgIpc) is 4.02. The first-order valence-corrected chi connectivity index (χ1v) is 20.5. The summed E-state index contributed by atoms with van der Waals surface area (Å²) in [6.07, 6.45) is -4.06. The molecule has 58 heavy (non-hydrogen) atoms. The number of aromatic nitrogens is 2. The zero-order valence-electron chi connectivity index (χ0n) is 31.6. The van der Waals surface area contributed by atoms with Crippen LogP contribution in [0.5, 0.6) is 11.6 Å². The number of alkyl carbamates (subject to hydrolysis) is 1. The lowest BCUT2D eigenvalue weighted by molar-refractivity contribution is -0.146. The summed E-state index contributed by atoms with van der Waals surface area (Å²) in [4.78, 5) is 64.2. The van der Waals surface area contributed by atoms with Crippen molar-refractivity contribution >= 4 is 44.9 Å². The molecule has 2 aromatic rings. The van der Waals surface area contributed by atoms with Crippen LogP contribution in [0.2, 0.25) is 0 Å². The van der Waals surface area contributed by atoms with E-state index in [4.69, 9.17) is 14.2 Å². The van der Waals surface area contributed by atoms with Crippen molar-refractivity contribution in [2.24, 2.45) is 5.92 Å². The zero-order chi connectivity index (χ0) is 41.8. The Kier molecular flexibility index (Phi) is 10.8. The summed E-state index contributed by atoms with van der Waals surface area (Å²) in [6.45, 7) is 0.998. The molecule has 3 aliphatic carbocycles. The van der Waals surface area contributed by atoms with Gasteiger partial charge in [0.2, 0.25) is 33.4 Å². The van der Waals surface area contributed by atoms with Crippen LogP contribution >= 0.6 is 0 Å². The molecule has 4 fully saturated rings. The molecule has 1 aromatic carbocycles. The maximum Gasteiger partial charge on any atom is 0.438 e. The molecule has 0 bridgehead atoms. The number of rotatable bonds is 8. The highest BCUT2D eigenvalue weighted by Crippen LogP contribution is 2.48. The van der Waals surface area contributed by atoms with Gasteiger partial charge in [-0.05, 0) is 57.6 Å². The summed E-state index contributed by atoms with van der Waals surface area (Å²) >= 11 is 0. The number of benzene rings is 1. The second-order valence-corrected chi connectivity index (χ2v) is 18.1. The van der Waals surface area contributed by atoms with Crippen LogP contribution in [-0.4, -0.2) is 101 Å². The highest BCUT2D eigenvalue weighted by atomic mass is 32.2. The van der Waals surface area contributed by atoms with Crippen molar-refractivity contribution in [3.05, 3.63) is 36.0 Å². The smallest absolute Gasteiger partial charge is 0.438 e. The van der Waals surface area contributed by atoms with Crippen molar-refractivity contribution in [2.45, 2.75) is 124 Å². The quantitative estimate of drug-likeness (QED) is 0.254. The summed E-state index contributed by atoms with van der Waals surface area (Å²) in [5.74, 6) is -7.07. The van der Waals surface area contributed by atoms with E-state index in [2.05, 4.69) is 25.3 Å². The molecule has 1 aromatic heterocycles. The highest BCUT2D eigenvalue weighted by molar-refractivity contribution is 7.91. The van der Waals surface area contributed by atoms with E-state index in [0.717, 1.165) is 4.90 Å². The van der Waals surface area contributed by atoms with E-state index in [-0.39, 0.29) is 29.6 Å². The van der Waals surface area contributed by atoms with E-state index < -0.39 is 124 Å². The molecule has 2 aliphatic heterocycles. The fourth-order valence-corrected chi connectivity index (χ4v) is 8.85. The number of carbonyl (C=O) groups excluding carboxylic acids is 4. The topological polar surface area (TPSA) is 195 Å². The molecule has 5 aliphatic rings. The van der Waals surface area contributed by atoms with E-state index >= 15 is 0 Å². The Morgan fingerprint density at radius 1 is 1.02 bits per heavy atom. The van der Waals surface area contributed by atoms with Gasteiger partial charge in [0.25, 0.3) is 11.8 Å². The monoisotopic (exact) mass is 842 g/mol.